The summed E-state index contributed by atoms with van der Waals surface area (Å²) in [6.45, 7) is 1.49. The molecule has 1 amide bonds. The molecule has 0 bridgehead atoms. The normalized spacial score (nSPS) is 14.1. The first-order valence-corrected chi connectivity index (χ1v) is 11.1. The Balaban J connectivity index is 1.33. The Morgan fingerprint density at radius 1 is 1.14 bits per heavy atom. The molecule has 0 aliphatic carbocycles. The number of nitrogens with zero attached hydrogens (tertiary/aromatic N) is 7. The number of carbonyl (C=O) groups excluding carboxylic acids is 2. The van der Waals surface area contributed by atoms with Crippen molar-refractivity contribution in [3.8, 4) is 5.69 Å². The molecular formula is C23H23FN10O2. The molecule has 5 rings (SSSR count). The van der Waals surface area contributed by atoms with Crippen LogP contribution in [0.2, 0.25) is 0 Å². The van der Waals surface area contributed by atoms with Crippen molar-refractivity contribution in [3.63, 3.8) is 0 Å². The van der Waals surface area contributed by atoms with Gasteiger partial charge in [0, 0.05) is 44.8 Å². The zero-order valence-corrected chi connectivity index (χ0v) is 19.1. The number of hydrogen-bond donors (Lipinski definition) is 3. The lowest BCUT2D eigenvalue weighted by Crippen LogP contribution is -2.51. The quantitative estimate of drug-likeness (QED) is 0.155. The summed E-state index contributed by atoms with van der Waals surface area (Å²) in [7, 11) is 0. The second-order valence-electron chi connectivity index (χ2n) is 8.08. The van der Waals surface area contributed by atoms with Crippen LogP contribution in [0, 0.1) is 5.82 Å². The van der Waals surface area contributed by atoms with E-state index in [1.807, 2.05) is 39.8 Å². The number of Topliss-reactive ketones (excluding diaryl/α,β-unsaturated/α-hetero) is 1. The number of anilines is 2. The van der Waals surface area contributed by atoms with Gasteiger partial charge in [0.05, 0.1) is 28.4 Å². The number of hydrazine groups is 1. The van der Waals surface area contributed by atoms with Crippen molar-refractivity contribution in [2.45, 2.75) is 0 Å². The van der Waals surface area contributed by atoms with Crippen molar-refractivity contribution < 1.29 is 14.0 Å². The van der Waals surface area contributed by atoms with E-state index in [-0.39, 0.29) is 22.3 Å². The van der Waals surface area contributed by atoms with Crippen molar-refractivity contribution in [3.05, 3.63) is 72.8 Å². The summed E-state index contributed by atoms with van der Waals surface area (Å²) < 4.78 is 16.5. The summed E-state index contributed by atoms with van der Waals surface area (Å²) in [5.74, 6) is 4.38. The third-order valence-electron chi connectivity index (χ3n) is 5.99. The second-order valence-corrected chi connectivity index (χ2v) is 8.08. The van der Waals surface area contributed by atoms with Gasteiger partial charge in [-0.15, -0.1) is 10.2 Å². The SMILES string of the molecule is N/C=C\N(N)c1ncc(F)c2c(C(=O)C(=O)N3CCN(c4nncn4-c4ccccc4)CC3)c[nH]c12. The molecule has 1 aliphatic heterocycles. The molecule has 0 atom stereocenters. The number of halogens is 1. The molecule has 0 spiro atoms. The van der Waals surface area contributed by atoms with Gasteiger partial charge in [0.25, 0.3) is 11.7 Å². The predicted octanol–water partition coefficient (Wildman–Crippen LogP) is 0.924. The Kier molecular flexibility index (Phi) is 6.04. The third-order valence-corrected chi connectivity index (χ3v) is 5.99. The summed E-state index contributed by atoms with van der Waals surface area (Å²) in [5, 5.41) is 9.28. The topological polar surface area (TPSA) is 155 Å². The van der Waals surface area contributed by atoms with Crippen molar-refractivity contribution in [2.75, 3.05) is 36.1 Å². The van der Waals surface area contributed by atoms with Crippen LogP contribution >= 0.6 is 0 Å². The Labute approximate surface area is 204 Å². The van der Waals surface area contributed by atoms with Gasteiger partial charge in [0.1, 0.15) is 6.33 Å². The number of nitrogens with one attached hydrogen (secondary N) is 1. The lowest BCUT2D eigenvalue weighted by atomic mass is 10.1. The highest BCUT2D eigenvalue weighted by Gasteiger charge is 2.31. The predicted molar refractivity (Wildman–Crippen MR) is 131 cm³/mol. The largest absolute Gasteiger partial charge is 0.403 e. The molecule has 1 fully saturated rings. The molecule has 13 heteroatoms. The van der Waals surface area contributed by atoms with Gasteiger partial charge in [0.15, 0.2) is 11.6 Å². The minimum atomic E-state index is -0.823. The molecule has 12 nitrogen and oxygen atoms in total. The smallest absolute Gasteiger partial charge is 0.295 e. The molecular weight excluding hydrogens is 467 g/mol. The lowest BCUT2D eigenvalue weighted by Gasteiger charge is -2.34. The average molecular weight is 491 g/mol. The van der Waals surface area contributed by atoms with Gasteiger partial charge in [-0.25, -0.2) is 15.2 Å². The fraction of sp³-hybridized carbons (Fsp3) is 0.174. The molecule has 5 N–H and O–H groups in total. The Bertz CT molecular complexity index is 1440. The summed E-state index contributed by atoms with van der Waals surface area (Å²) in [6, 6.07) is 9.67. The molecule has 0 saturated carbocycles. The third kappa shape index (κ3) is 4.01. The van der Waals surface area contributed by atoms with Crippen LogP contribution < -0.4 is 21.5 Å². The van der Waals surface area contributed by atoms with Crippen molar-refractivity contribution in [1.29, 1.82) is 0 Å². The standard InChI is InChI=1S/C23H23FN10O2/c24-17-13-28-21(34(26)7-6-25)19-18(17)16(12-27-19)20(35)22(36)31-8-10-32(11-9-31)23-30-29-14-33(23)15-4-2-1-3-5-15/h1-7,12-14,27H,8-11,25-26H2/b7-6-. The Morgan fingerprint density at radius 3 is 2.61 bits per heavy atom. The first-order chi connectivity index (χ1) is 17.5. The van der Waals surface area contributed by atoms with Gasteiger partial charge in [0.2, 0.25) is 5.95 Å². The molecule has 0 unspecified atom stereocenters. The van der Waals surface area contributed by atoms with Gasteiger partial charge < -0.3 is 20.5 Å². The number of ketones is 1. The fourth-order valence-corrected chi connectivity index (χ4v) is 4.22. The second kappa shape index (κ2) is 9.46. The van der Waals surface area contributed by atoms with E-state index in [2.05, 4.69) is 20.2 Å². The van der Waals surface area contributed by atoms with Crippen LogP contribution in [-0.2, 0) is 4.79 Å². The van der Waals surface area contributed by atoms with E-state index in [0.717, 1.165) is 16.9 Å². The minimum absolute atomic E-state index is 0.0613. The average Bonchev–Trinajstić information content (AvgIpc) is 3.57. The molecule has 0 radical (unpaired) electrons. The summed E-state index contributed by atoms with van der Waals surface area (Å²) >= 11 is 0. The molecule has 1 aromatic carbocycles. The molecule has 1 aliphatic rings. The first kappa shape index (κ1) is 23.0. The van der Waals surface area contributed by atoms with E-state index < -0.39 is 17.5 Å². The molecule has 3 aromatic heterocycles. The van der Waals surface area contributed by atoms with E-state index in [0.29, 0.717) is 32.1 Å². The number of pyridine rings is 1. The number of rotatable bonds is 6. The molecule has 4 aromatic rings. The number of nitrogens with two attached hydrogens (primary N) is 2. The zero-order chi connectivity index (χ0) is 25.2. The van der Waals surface area contributed by atoms with E-state index in [4.69, 9.17) is 11.6 Å². The summed E-state index contributed by atoms with van der Waals surface area (Å²) in [4.78, 5) is 36.4. The fourth-order valence-electron chi connectivity index (χ4n) is 4.22. The number of hydrogen-bond acceptors (Lipinski definition) is 9. The highest BCUT2D eigenvalue weighted by molar-refractivity contribution is 6.45. The van der Waals surface area contributed by atoms with Crippen molar-refractivity contribution >= 4 is 34.4 Å². The van der Waals surface area contributed by atoms with Gasteiger partial charge >= 0.3 is 0 Å². The van der Waals surface area contributed by atoms with Crippen molar-refractivity contribution in [1.82, 2.24) is 29.6 Å². The van der Waals surface area contributed by atoms with Crippen LogP contribution in [0.3, 0.4) is 0 Å². The molecule has 184 valence electrons. The minimum Gasteiger partial charge on any atom is -0.403 e. The van der Waals surface area contributed by atoms with Crippen LogP contribution in [0.25, 0.3) is 16.6 Å². The van der Waals surface area contributed by atoms with E-state index in [1.165, 1.54) is 23.5 Å². The van der Waals surface area contributed by atoms with Crippen LogP contribution in [-0.4, -0.2) is 67.5 Å². The molecule has 4 heterocycles. The Morgan fingerprint density at radius 2 is 1.89 bits per heavy atom. The maximum atomic E-state index is 14.7. The van der Waals surface area contributed by atoms with Gasteiger partial charge in [-0.3, -0.25) is 19.2 Å². The number of carbonyl (C=O) groups is 2. The number of H-pyrrole nitrogens is 1. The number of piperazine rings is 1. The van der Waals surface area contributed by atoms with E-state index in [1.54, 1.807) is 6.33 Å². The number of fused-ring (bicyclic) bond motifs is 1. The van der Waals surface area contributed by atoms with Crippen LogP contribution in [0.1, 0.15) is 10.4 Å². The Hall–Kier alpha value is -4.78. The van der Waals surface area contributed by atoms with Gasteiger partial charge in [-0.05, 0) is 12.1 Å². The van der Waals surface area contributed by atoms with E-state index >= 15 is 0 Å². The number of benzene rings is 1. The first-order valence-electron chi connectivity index (χ1n) is 11.1. The summed E-state index contributed by atoms with van der Waals surface area (Å²) in [5.41, 5.74) is 6.37. The van der Waals surface area contributed by atoms with Crippen LogP contribution in [0.15, 0.2) is 61.5 Å². The van der Waals surface area contributed by atoms with Gasteiger partial charge in [-0.2, -0.15) is 0 Å². The number of amides is 1. The summed E-state index contributed by atoms with van der Waals surface area (Å²) in [6.07, 6.45) is 6.38. The molecule has 1 saturated heterocycles. The maximum absolute atomic E-state index is 14.7. The zero-order valence-electron chi connectivity index (χ0n) is 19.1. The van der Waals surface area contributed by atoms with Crippen LogP contribution in [0.4, 0.5) is 16.2 Å². The number of para-hydroxylation sites is 1. The highest BCUT2D eigenvalue weighted by atomic mass is 19.1. The maximum Gasteiger partial charge on any atom is 0.295 e. The molecule has 36 heavy (non-hydrogen) atoms. The van der Waals surface area contributed by atoms with Gasteiger partial charge in [-0.1, -0.05) is 18.2 Å². The highest BCUT2D eigenvalue weighted by Crippen LogP contribution is 2.28. The number of aromatic nitrogens is 5. The number of aromatic amines is 1. The lowest BCUT2D eigenvalue weighted by molar-refractivity contribution is -0.126. The van der Waals surface area contributed by atoms with Crippen molar-refractivity contribution in [2.24, 2.45) is 11.6 Å². The van der Waals surface area contributed by atoms with E-state index in [9.17, 15) is 14.0 Å². The monoisotopic (exact) mass is 490 g/mol. The van der Waals surface area contributed by atoms with Crippen LogP contribution in [0.5, 0.6) is 0 Å².